The first-order valence-electron chi connectivity index (χ1n) is 10.6. The van der Waals surface area contributed by atoms with Crippen LogP contribution >= 0.6 is 0 Å². The fraction of sp³-hybridized carbons (Fsp3) is 0.231. The number of ether oxygens (including phenoxy) is 4. The Morgan fingerprint density at radius 1 is 0.618 bits per heavy atom. The summed E-state index contributed by atoms with van der Waals surface area (Å²) < 4.78 is 20.2. The van der Waals surface area contributed by atoms with Crippen LogP contribution in [0.1, 0.15) is 25.0 Å². The van der Waals surface area contributed by atoms with Gasteiger partial charge in [0.05, 0.1) is 13.2 Å². The smallest absolute Gasteiger partial charge is 0.344 e. The van der Waals surface area contributed by atoms with Crippen molar-refractivity contribution >= 4 is 35.7 Å². The largest absolute Gasteiger partial charge is 0.482 e. The molecule has 0 saturated heterocycles. The number of allylic oxidation sites excluding steroid dienone is 2. The summed E-state index contributed by atoms with van der Waals surface area (Å²) in [7, 11) is 0. The number of benzene rings is 2. The molecule has 0 saturated carbocycles. The number of hydrogen-bond acceptors (Lipinski definition) is 8. The summed E-state index contributed by atoms with van der Waals surface area (Å²) in [6.07, 6.45) is 5.40. The molecule has 2 aromatic carbocycles. The zero-order valence-electron chi connectivity index (χ0n) is 19.0. The molecule has 0 aliphatic heterocycles. The van der Waals surface area contributed by atoms with E-state index >= 15 is 0 Å². The van der Waals surface area contributed by atoms with E-state index in [0.717, 1.165) is 0 Å². The van der Waals surface area contributed by atoms with Crippen LogP contribution in [0.5, 0.6) is 11.5 Å². The molecule has 0 heterocycles. The van der Waals surface area contributed by atoms with Crippen LogP contribution in [0.3, 0.4) is 0 Å². The lowest BCUT2D eigenvalue weighted by molar-refractivity contribution is -0.146. The third-order valence-electron chi connectivity index (χ3n) is 4.18. The van der Waals surface area contributed by atoms with Gasteiger partial charge in [0.25, 0.3) is 0 Å². The van der Waals surface area contributed by atoms with Gasteiger partial charge < -0.3 is 18.9 Å². The Hall–Kier alpha value is -4.20. The molecule has 0 aromatic heterocycles. The molecule has 2 aromatic rings. The van der Waals surface area contributed by atoms with Crippen molar-refractivity contribution in [1.82, 2.24) is 0 Å². The normalized spacial score (nSPS) is 10.8. The van der Waals surface area contributed by atoms with Crippen LogP contribution in [0.25, 0.3) is 12.2 Å². The Morgan fingerprint density at radius 2 is 0.971 bits per heavy atom. The average Bonchev–Trinajstić information content (AvgIpc) is 2.85. The van der Waals surface area contributed by atoms with Gasteiger partial charge in [0.2, 0.25) is 11.6 Å². The van der Waals surface area contributed by atoms with Gasteiger partial charge in [-0.05, 0) is 61.4 Å². The maximum Gasteiger partial charge on any atom is 0.344 e. The first-order chi connectivity index (χ1) is 16.4. The SMILES string of the molecule is CCOC(=O)COc1ccc(/C=C/C(=O)C(=O)/C=C/c2ccc(OCC(=O)OCC)cc2)cc1. The van der Waals surface area contributed by atoms with Crippen molar-refractivity contribution in [2.75, 3.05) is 26.4 Å². The minimum atomic E-state index is -0.673. The second kappa shape index (κ2) is 14.1. The molecule has 0 amide bonds. The second-order valence-corrected chi connectivity index (χ2v) is 6.72. The zero-order chi connectivity index (χ0) is 24.8. The topological polar surface area (TPSA) is 105 Å². The van der Waals surface area contributed by atoms with Crippen LogP contribution in [0.2, 0.25) is 0 Å². The molecule has 2 rings (SSSR count). The van der Waals surface area contributed by atoms with E-state index in [4.69, 9.17) is 18.9 Å². The van der Waals surface area contributed by atoms with E-state index in [1.807, 2.05) is 0 Å². The van der Waals surface area contributed by atoms with E-state index in [-0.39, 0.29) is 26.4 Å². The fourth-order valence-electron chi connectivity index (χ4n) is 2.55. The molecule has 34 heavy (non-hydrogen) atoms. The molecule has 0 N–H and O–H groups in total. The van der Waals surface area contributed by atoms with E-state index in [2.05, 4.69) is 0 Å². The van der Waals surface area contributed by atoms with Crippen LogP contribution < -0.4 is 9.47 Å². The molecule has 8 nitrogen and oxygen atoms in total. The lowest BCUT2D eigenvalue weighted by atomic mass is 10.1. The van der Waals surface area contributed by atoms with E-state index in [0.29, 0.717) is 22.6 Å². The maximum atomic E-state index is 12.1. The molecule has 0 atom stereocenters. The maximum absolute atomic E-state index is 12.1. The van der Waals surface area contributed by atoms with Crippen molar-refractivity contribution < 1.29 is 38.1 Å². The number of carbonyl (C=O) groups excluding carboxylic acids is 4. The van der Waals surface area contributed by atoms with Crippen molar-refractivity contribution in [1.29, 1.82) is 0 Å². The Balaban J connectivity index is 1.83. The average molecular weight is 466 g/mol. The Morgan fingerprint density at radius 3 is 1.29 bits per heavy atom. The van der Waals surface area contributed by atoms with Crippen LogP contribution in [-0.2, 0) is 28.7 Å². The second-order valence-electron chi connectivity index (χ2n) is 6.72. The predicted molar refractivity (Wildman–Crippen MR) is 125 cm³/mol. The summed E-state index contributed by atoms with van der Waals surface area (Å²) in [5.41, 5.74) is 1.37. The predicted octanol–water partition coefficient (Wildman–Crippen LogP) is 3.44. The van der Waals surface area contributed by atoms with Crippen LogP contribution in [0.4, 0.5) is 0 Å². The van der Waals surface area contributed by atoms with Gasteiger partial charge in [-0.2, -0.15) is 0 Å². The van der Waals surface area contributed by atoms with Gasteiger partial charge in [0.15, 0.2) is 13.2 Å². The number of ketones is 2. The quantitative estimate of drug-likeness (QED) is 0.251. The summed E-state index contributed by atoms with van der Waals surface area (Å²) in [5, 5.41) is 0. The monoisotopic (exact) mass is 466 g/mol. The van der Waals surface area contributed by atoms with Crippen LogP contribution in [-0.4, -0.2) is 49.9 Å². The Bertz CT molecular complexity index is 948. The lowest BCUT2D eigenvalue weighted by Gasteiger charge is -2.05. The highest BCUT2D eigenvalue weighted by atomic mass is 16.6. The third-order valence-corrected chi connectivity index (χ3v) is 4.18. The number of hydrogen-bond donors (Lipinski definition) is 0. The van der Waals surface area contributed by atoms with Crippen molar-refractivity contribution in [2.45, 2.75) is 13.8 Å². The van der Waals surface area contributed by atoms with E-state index in [1.54, 1.807) is 62.4 Å². The number of rotatable bonds is 13. The van der Waals surface area contributed by atoms with Gasteiger partial charge in [-0.15, -0.1) is 0 Å². The highest BCUT2D eigenvalue weighted by Gasteiger charge is 2.07. The van der Waals surface area contributed by atoms with Crippen molar-refractivity contribution in [3.05, 3.63) is 71.8 Å². The molecule has 178 valence electrons. The minimum absolute atomic E-state index is 0.189. The fourth-order valence-corrected chi connectivity index (χ4v) is 2.55. The molecule has 0 aliphatic rings. The van der Waals surface area contributed by atoms with Crippen molar-refractivity contribution in [3.8, 4) is 11.5 Å². The first kappa shape index (κ1) is 26.1. The number of esters is 2. The van der Waals surface area contributed by atoms with Gasteiger partial charge in [-0.1, -0.05) is 36.4 Å². The molecular formula is C26H26O8. The van der Waals surface area contributed by atoms with Crippen molar-refractivity contribution in [3.63, 3.8) is 0 Å². The van der Waals surface area contributed by atoms with Gasteiger partial charge in [-0.3, -0.25) is 9.59 Å². The molecule has 0 spiro atoms. The van der Waals surface area contributed by atoms with Gasteiger partial charge >= 0.3 is 11.9 Å². The molecule has 0 aliphatic carbocycles. The Kier molecular flexibility index (Phi) is 10.8. The summed E-state index contributed by atoms with van der Waals surface area (Å²) >= 11 is 0. The van der Waals surface area contributed by atoms with Gasteiger partial charge in [0.1, 0.15) is 11.5 Å². The lowest BCUT2D eigenvalue weighted by Crippen LogP contribution is -2.14. The summed E-state index contributed by atoms with van der Waals surface area (Å²) in [6, 6.07) is 13.3. The Labute approximate surface area is 197 Å². The van der Waals surface area contributed by atoms with Gasteiger partial charge in [0, 0.05) is 0 Å². The summed E-state index contributed by atoms with van der Waals surface area (Å²) in [6.45, 7) is 3.62. The third kappa shape index (κ3) is 9.52. The van der Waals surface area contributed by atoms with E-state index < -0.39 is 23.5 Å². The molecular weight excluding hydrogens is 440 g/mol. The summed E-state index contributed by atoms with van der Waals surface area (Å²) in [5.74, 6) is -1.30. The molecule has 0 fully saturated rings. The first-order valence-corrected chi connectivity index (χ1v) is 10.6. The molecule has 0 radical (unpaired) electrons. The molecule has 8 heteroatoms. The molecule has 0 bridgehead atoms. The summed E-state index contributed by atoms with van der Waals surface area (Å²) in [4.78, 5) is 46.7. The van der Waals surface area contributed by atoms with E-state index in [1.165, 1.54) is 24.3 Å². The molecule has 0 unspecified atom stereocenters. The highest BCUT2D eigenvalue weighted by Crippen LogP contribution is 2.14. The van der Waals surface area contributed by atoms with Gasteiger partial charge in [-0.25, -0.2) is 9.59 Å². The minimum Gasteiger partial charge on any atom is -0.482 e. The van der Waals surface area contributed by atoms with Crippen LogP contribution in [0.15, 0.2) is 60.7 Å². The zero-order valence-corrected chi connectivity index (χ0v) is 19.0. The standard InChI is InChI=1S/C26H26O8/c1-3-31-25(29)17-33-21-11-5-19(6-12-21)9-15-23(27)24(28)16-10-20-7-13-22(14-8-20)34-18-26(30)32-4-2/h5-16H,3-4,17-18H2,1-2H3/b15-9+,16-10+. The number of carbonyl (C=O) groups is 4. The van der Waals surface area contributed by atoms with Crippen LogP contribution in [0, 0.1) is 0 Å². The van der Waals surface area contributed by atoms with E-state index in [9.17, 15) is 19.2 Å². The van der Waals surface area contributed by atoms with Crippen molar-refractivity contribution in [2.24, 2.45) is 0 Å². The highest BCUT2D eigenvalue weighted by molar-refractivity contribution is 6.46.